The van der Waals surface area contributed by atoms with Crippen molar-refractivity contribution in [2.24, 2.45) is 0 Å². The molecule has 3 heteroatoms. The largest absolute Gasteiger partial charge is 0.291 e. The summed E-state index contributed by atoms with van der Waals surface area (Å²) in [7, 11) is 0. The maximum absolute atomic E-state index is 5.88. The Kier molecular flexibility index (Phi) is 2.07. The van der Waals surface area contributed by atoms with E-state index in [0.29, 0.717) is 5.28 Å². The van der Waals surface area contributed by atoms with Gasteiger partial charge in [-0.3, -0.25) is 4.57 Å². The van der Waals surface area contributed by atoms with E-state index in [1.807, 2.05) is 35.9 Å². The van der Waals surface area contributed by atoms with Crippen LogP contribution in [-0.2, 0) is 0 Å². The van der Waals surface area contributed by atoms with Crippen LogP contribution in [-0.4, -0.2) is 9.55 Å². The Labute approximate surface area is 81.8 Å². The molecule has 1 aromatic carbocycles. The van der Waals surface area contributed by atoms with Crippen LogP contribution in [0.3, 0.4) is 0 Å². The number of nitrogens with zero attached hydrogens (tertiary/aromatic N) is 2. The average Bonchev–Trinajstić information content (AvgIpc) is 2.51. The Morgan fingerprint density at radius 3 is 2.85 bits per heavy atom. The highest BCUT2D eigenvalue weighted by molar-refractivity contribution is 6.28. The zero-order chi connectivity index (χ0) is 9.26. The van der Waals surface area contributed by atoms with E-state index in [9.17, 15) is 0 Å². The summed E-state index contributed by atoms with van der Waals surface area (Å²) >= 11 is 5.88. The van der Waals surface area contributed by atoms with E-state index in [2.05, 4.69) is 11.1 Å². The second-order valence-electron chi connectivity index (χ2n) is 2.91. The molecule has 2 rings (SSSR count). The maximum atomic E-state index is 5.88. The molecule has 0 aliphatic heterocycles. The molecule has 0 spiro atoms. The molecule has 1 heterocycles. The molecule has 0 saturated carbocycles. The first-order chi connectivity index (χ1) is 6.27. The molecular weight excluding hydrogens is 184 g/mol. The van der Waals surface area contributed by atoms with Crippen LogP contribution in [0.5, 0.6) is 0 Å². The normalized spacial score (nSPS) is 10.3. The van der Waals surface area contributed by atoms with Crippen molar-refractivity contribution in [2.75, 3.05) is 0 Å². The van der Waals surface area contributed by atoms with Crippen LogP contribution >= 0.6 is 11.6 Å². The molecular formula is C10H9ClN2. The number of halogens is 1. The first-order valence-corrected chi connectivity index (χ1v) is 4.41. The minimum atomic E-state index is 0.491. The first kappa shape index (κ1) is 8.32. The minimum Gasteiger partial charge on any atom is -0.291 e. The summed E-state index contributed by atoms with van der Waals surface area (Å²) in [6.07, 6.45) is 3.53. The summed E-state index contributed by atoms with van der Waals surface area (Å²) in [4.78, 5) is 3.95. The van der Waals surface area contributed by atoms with Crippen LogP contribution < -0.4 is 0 Å². The molecule has 0 amide bonds. The van der Waals surface area contributed by atoms with E-state index in [1.54, 1.807) is 6.20 Å². The molecule has 0 aliphatic carbocycles. The SMILES string of the molecule is Cc1cccc(-n2ccnc2Cl)c1. The van der Waals surface area contributed by atoms with Crippen molar-refractivity contribution in [3.63, 3.8) is 0 Å². The molecule has 2 aromatic rings. The van der Waals surface area contributed by atoms with E-state index in [1.165, 1.54) is 5.56 Å². The van der Waals surface area contributed by atoms with Gasteiger partial charge in [-0.25, -0.2) is 4.98 Å². The summed E-state index contributed by atoms with van der Waals surface area (Å²) in [6, 6.07) is 8.11. The van der Waals surface area contributed by atoms with Gasteiger partial charge in [0.1, 0.15) is 0 Å². The zero-order valence-corrected chi connectivity index (χ0v) is 7.99. The second-order valence-corrected chi connectivity index (χ2v) is 3.24. The summed E-state index contributed by atoms with van der Waals surface area (Å²) in [6.45, 7) is 2.05. The van der Waals surface area contributed by atoms with Gasteiger partial charge in [0, 0.05) is 18.1 Å². The Morgan fingerprint density at radius 1 is 1.38 bits per heavy atom. The molecule has 1 aromatic heterocycles. The molecule has 0 aliphatic rings. The van der Waals surface area contributed by atoms with Gasteiger partial charge in [-0.05, 0) is 36.2 Å². The molecule has 2 nitrogen and oxygen atoms in total. The Morgan fingerprint density at radius 2 is 2.23 bits per heavy atom. The zero-order valence-electron chi connectivity index (χ0n) is 7.24. The predicted molar refractivity (Wildman–Crippen MR) is 53.3 cm³/mol. The van der Waals surface area contributed by atoms with Crippen molar-refractivity contribution in [1.82, 2.24) is 9.55 Å². The molecule has 0 unspecified atom stereocenters. The highest BCUT2D eigenvalue weighted by Gasteiger charge is 2.00. The van der Waals surface area contributed by atoms with Gasteiger partial charge in [-0.2, -0.15) is 0 Å². The number of rotatable bonds is 1. The third-order valence-electron chi connectivity index (χ3n) is 1.88. The van der Waals surface area contributed by atoms with Crippen LogP contribution in [0.1, 0.15) is 5.56 Å². The van der Waals surface area contributed by atoms with Gasteiger partial charge in [0.05, 0.1) is 0 Å². The molecule has 0 saturated heterocycles. The molecule has 0 N–H and O–H groups in total. The number of hydrogen-bond donors (Lipinski definition) is 0. The van der Waals surface area contributed by atoms with Gasteiger partial charge < -0.3 is 0 Å². The number of aryl methyl sites for hydroxylation is 1. The Hall–Kier alpha value is -1.28. The third-order valence-corrected chi connectivity index (χ3v) is 2.16. The summed E-state index contributed by atoms with van der Waals surface area (Å²) in [5.74, 6) is 0. The van der Waals surface area contributed by atoms with Crippen LogP contribution in [0.25, 0.3) is 5.69 Å². The predicted octanol–water partition coefficient (Wildman–Crippen LogP) is 2.83. The molecule has 0 fully saturated rings. The van der Waals surface area contributed by atoms with Crippen molar-refractivity contribution in [1.29, 1.82) is 0 Å². The van der Waals surface area contributed by atoms with E-state index in [4.69, 9.17) is 11.6 Å². The smallest absolute Gasteiger partial charge is 0.207 e. The quantitative estimate of drug-likeness (QED) is 0.680. The van der Waals surface area contributed by atoms with E-state index >= 15 is 0 Å². The first-order valence-electron chi connectivity index (χ1n) is 4.03. The van der Waals surface area contributed by atoms with Gasteiger partial charge in [0.15, 0.2) is 0 Å². The van der Waals surface area contributed by atoms with Crippen molar-refractivity contribution in [3.05, 3.63) is 47.5 Å². The molecule has 0 bridgehead atoms. The van der Waals surface area contributed by atoms with E-state index in [-0.39, 0.29) is 0 Å². The van der Waals surface area contributed by atoms with Gasteiger partial charge in [0.2, 0.25) is 5.28 Å². The lowest BCUT2D eigenvalue weighted by molar-refractivity contribution is 1.05. The topological polar surface area (TPSA) is 17.8 Å². The fourth-order valence-corrected chi connectivity index (χ4v) is 1.47. The molecule has 13 heavy (non-hydrogen) atoms. The molecule has 0 atom stereocenters. The van der Waals surface area contributed by atoms with Gasteiger partial charge >= 0.3 is 0 Å². The van der Waals surface area contributed by atoms with Crippen LogP contribution in [0.4, 0.5) is 0 Å². The van der Waals surface area contributed by atoms with Crippen molar-refractivity contribution >= 4 is 11.6 Å². The number of aromatic nitrogens is 2. The summed E-state index contributed by atoms with van der Waals surface area (Å²) < 4.78 is 1.84. The van der Waals surface area contributed by atoms with Crippen LogP contribution in [0.2, 0.25) is 5.28 Å². The van der Waals surface area contributed by atoms with Gasteiger partial charge in [-0.1, -0.05) is 12.1 Å². The average molecular weight is 193 g/mol. The maximum Gasteiger partial charge on any atom is 0.207 e. The van der Waals surface area contributed by atoms with Crippen LogP contribution in [0, 0.1) is 6.92 Å². The third kappa shape index (κ3) is 1.58. The highest BCUT2D eigenvalue weighted by Crippen LogP contribution is 2.15. The number of hydrogen-bond acceptors (Lipinski definition) is 1. The fourth-order valence-electron chi connectivity index (χ4n) is 1.26. The van der Waals surface area contributed by atoms with Crippen molar-refractivity contribution in [3.8, 4) is 5.69 Å². The number of benzene rings is 1. The Balaban J connectivity index is 2.53. The molecule has 0 radical (unpaired) electrons. The van der Waals surface area contributed by atoms with Crippen molar-refractivity contribution < 1.29 is 0 Å². The fraction of sp³-hybridized carbons (Fsp3) is 0.100. The monoisotopic (exact) mass is 192 g/mol. The highest BCUT2D eigenvalue weighted by atomic mass is 35.5. The van der Waals surface area contributed by atoms with E-state index in [0.717, 1.165) is 5.69 Å². The Bertz CT molecular complexity index is 420. The lowest BCUT2D eigenvalue weighted by Gasteiger charge is -2.03. The lowest BCUT2D eigenvalue weighted by atomic mass is 10.2. The summed E-state index contributed by atoms with van der Waals surface area (Å²) in [5.41, 5.74) is 2.25. The standard InChI is InChI=1S/C10H9ClN2/c1-8-3-2-4-9(7-8)13-6-5-12-10(13)11/h2-7H,1H3. The van der Waals surface area contributed by atoms with Crippen molar-refractivity contribution in [2.45, 2.75) is 6.92 Å². The second kappa shape index (κ2) is 3.23. The molecule has 66 valence electrons. The minimum absolute atomic E-state index is 0.491. The summed E-state index contributed by atoms with van der Waals surface area (Å²) in [5, 5.41) is 0.491. The van der Waals surface area contributed by atoms with Crippen LogP contribution in [0.15, 0.2) is 36.7 Å². The van der Waals surface area contributed by atoms with Gasteiger partial charge in [0.25, 0.3) is 0 Å². The van der Waals surface area contributed by atoms with Gasteiger partial charge in [-0.15, -0.1) is 0 Å². The number of imidazole rings is 1. The lowest BCUT2D eigenvalue weighted by Crippen LogP contribution is -1.92. The van der Waals surface area contributed by atoms with E-state index < -0.39 is 0 Å².